The minimum Gasteiger partial charge on any atom is -0.396 e. The van der Waals surface area contributed by atoms with Crippen molar-refractivity contribution in [3.8, 4) is 0 Å². The molecule has 7 aliphatic rings. The Morgan fingerprint density at radius 2 is 1.94 bits per heavy atom. The van der Waals surface area contributed by atoms with Gasteiger partial charge in [-0.2, -0.15) is 0 Å². The molecule has 5 bridgehead atoms. The first kappa shape index (κ1) is 38.1. The van der Waals surface area contributed by atoms with Crippen molar-refractivity contribution in [2.45, 2.75) is 120 Å². The van der Waals surface area contributed by atoms with Crippen LogP contribution in [0.15, 0.2) is 46.5 Å². The lowest BCUT2D eigenvalue weighted by atomic mass is 9.47. The Labute approximate surface area is 324 Å². The predicted molar refractivity (Wildman–Crippen MR) is 216 cm³/mol. The zero-order valence-corrected chi connectivity index (χ0v) is 33.5. The predicted octanol–water partition coefficient (Wildman–Crippen LogP) is 6.39. The number of guanidine groups is 1. The van der Waals surface area contributed by atoms with Crippen LogP contribution in [0.2, 0.25) is 0 Å². The van der Waals surface area contributed by atoms with Crippen molar-refractivity contribution in [3.05, 3.63) is 58.2 Å². The van der Waals surface area contributed by atoms with Gasteiger partial charge in [-0.1, -0.05) is 83.7 Å². The van der Waals surface area contributed by atoms with Crippen molar-refractivity contribution >= 4 is 33.3 Å². The summed E-state index contributed by atoms with van der Waals surface area (Å²) in [6.45, 7) is 4.20. The van der Waals surface area contributed by atoms with Gasteiger partial charge in [0.25, 0.3) is 0 Å². The first-order valence-electron chi connectivity index (χ1n) is 20.6. The van der Waals surface area contributed by atoms with E-state index in [1.165, 1.54) is 36.0 Å². The lowest BCUT2D eigenvalue weighted by molar-refractivity contribution is -0.125. The van der Waals surface area contributed by atoms with Crippen LogP contribution in [-0.4, -0.2) is 69.9 Å². The third kappa shape index (κ3) is 5.76. The Morgan fingerprint density at radius 3 is 2.70 bits per heavy atom. The molecule has 7 N–H and O–H groups in total. The van der Waals surface area contributed by atoms with E-state index in [0.717, 1.165) is 81.2 Å². The maximum atomic E-state index is 14.6. The molecule has 53 heavy (non-hydrogen) atoms. The smallest absolute Gasteiger partial charge is 0.189 e. The van der Waals surface area contributed by atoms with Gasteiger partial charge in [0.2, 0.25) is 0 Å². The molecule has 5 aliphatic carbocycles. The summed E-state index contributed by atoms with van der Waals surface area (Å²) >= 11 is 0. The number of rotatable bonds is 8. The van der Waals surface area contributed by atoms with Crippen molar-refractivity contribution in [3.63, 3.8) is 0 Å². The molecule has 3 saturated carbocycles. The number of allylic oxidation sites excluding steroid dienone is 3. The molecule has 0 saturated heterocycles. The summed E-state index contributed by atoms with van der Waals surface area (Å²) in [7, 11) is 6.17. The average molecular weight is 763 g/mol. The van der Waals surface area contributed by atoms with E-state index < -0.39 is 0 Å². The van der Waals surface area contributed by atoms with Gasteiger partial charge in [-0.15, -0.1) is 0 Å². The number of ketones is 1. The van der Waals surface area contributed by atoms with E-state index >= 15 is 0 Å². The molecule has 0 aromatic heterocycles. The highest BCUT2D eigenvalue weighted by Crippen LogP contribution is 2.76. The number of hydrogen-bond acceptors (Lipinski definition) is 10. The Hall–Kier alpha value is -1.82. The molecule has 1 aromatic rings. The normalized spacial score (nSPS) is 39.0. The van der Waals surface area contributed by atoms with Crippen molar-refractivity contribution in [2.24, 2.45) is 51.1 Å². The summed E-state index contributed by atoms with van der Waals surface area (Å²) in [6, 6.07) is 6.53. The summed E-state index contributed by atoms with van der Waals surface area (Å²) in [4.78, 5) is 19.5. The van der Waals surface area contributed by atoms with Gasteiger partial charge < -0.3 is 31.7 Å². The number of nitrogens with one attached hydrogen (secondary N) is 2. The highest BCUT2D eigenvalue weighted by atomic mass is 33.1. The van der Waals surface area contributed by atoms with Crippen LogP contribution in [-0.2, 0) is 17.9 Å². The molecule has 8 rings (SSSR count). The van der Waals surface area contributed by atoms with Crippen LogP contribution >= 0.6 is 21.6 Å². The first-order valence-corrected chi connectivity index (χ1v) is 23.0. The number of aliphatic hydroxyl groups is 3. The van der Waals surface area contributed by atoms with Crippen LogP contribution in [0.25, 0.3) is 0 Å². The van der Waals surface area contributed by atoms with E-state index in [-0.39, 0.29) is 70.5 Å². The lowest BCUT2D eigenvalue weighted by Gasteiger charge is -2.62. The van der Waals surface area contributed by atoms with Crippen molar-refractivity contribution in [2.75, 3.05) is 32.6 Å². The van der Waals surface area contributed by atoms with Crippen LogP contribution in [0.5, 0.6) is 0 Å². The Morgan fingerprint density at radius 1 is 1.11 bits per heavy atom. The number of benzene rings is 1. The number of carbonyl (C=O) groups excluding carboxylic acids is 1. The Balaban J connectivity index is 1.28. The molecular formula is C43H62N4O4S2. The molecule has 8 nitrogen and oxygen atoms in total. The summed E-state index contributed by atoms with van der Waals surface area (Å²) < 4.78 is -0.0919. The van der Waals surface area contributed by atoms with Crippen molar-refractivity contribution < 1.29 is 20.1 Å². The summed E-state index contributed by atoms with van der Waals surface area (Å²) in [5, 5.41) is 38.8. The standard InChI is InChI=1S/C43H62N4O4S2/c1-40-16-18-52-53-41(14-4-3-5-15-41)43-30(10-12-32(37(43)24-46-39(44)47-43)34-19-27(23-45-2)8-9-28(34)25-49)11-13-33-36-21-31(40)20-29(26-50)35(7-6-17-48)42(36,40)22-38(33)51/h8-10,12,19,29-32,35,37,45,48-50H,3-7,11,13-18,20-26H2,1-2H3,(H3,44,46,47). The summed E-state index contributed by atoms with van der Waals surface area (Å²) in [5.41, 5.74) is 12.1. The molecule has 0 radical (unpaired) electrons. The second-order valence-electron chi connectivity index (χ2n) is 17.8. The molecule has 3 fully saturated rings. The number of nitrogens with zero attached hydrogens (tertiary/aromatic N) is 1. The van der Waals surface area contributed by atoms with Gasteiger partial charge >= 0.3 is 0 Å². The van der Waals surface area contributed by atoms with Crippen LogP contribution in [0.3, 0.4) is 0 Å². The monoisotopic (exact) mass is 762 g/mol. The molecule has 9 atom stereocenters. The average Bonchev–Trinajstić information content (AvgIpc) is 3.50. The van der Waals surface area contributed by atoms with Crippen LogP contribution < -0.4 is 16.4 Å². The molecule has 2 heterocycles. The molecule has 1 aromatic carbocycles. The van der Waals surface area contributed by atoms with Gasteiger partial charge in [-0.05, 0) is 110 Å². The molecule has 2 aliphatic heterocycles. The molecule has 3 spiro atoms. The third-order valence-electron chi connectivity index (χ3n) is 15.9. The minimum atomic E-state index is -0.384. The third-order valence-corrected chi connectivity index (χ3v) is 19.2. The van der Waals surface area contributed by atoms with E-state index in [4.69, 9.17) is 10.7 Å². The maximum Gasteiger partial charge on any atom is 0.189 e. The van der Waals surface area contributed by atoms with E-state index in [2.05, 4.69) is 69.5 Å². The van der Waals surface area contributed by atoms with Crippen LogP contribution in [0.4, 0.5) is 0 Å². The zero-order chi connectivity index (χ0) is 37.0. The van der Waals surface area contributed by atoms with E-state index in [1.54, 1.807) is 0 Å². The second-order valence-corrected chi connectivity index (χ2v) is 20.6. The van der Waals surface area contributed by atoms with Crippen molar-refractivity contribution in [1.82, 2.24) is 10.6 Å². The summed E-state index contributed by atoms with van der Waals surface area (Å²) in [6.07, 6.45) is 17.6. The highest BCUT2D eigenvalue weighted by Gasteiger charge is 2.70. The maximum absolute atomic E-state index is 14.6. The fraction of sp³-hybridized carbons (Fsp3) is 0.721. The first-order chi connectivity index (χ1) is 25.7. The van der Waals surface area contributed by atoms with E-state index in [9.17, 15) is 20.1 Å². The Kier molecular flexibility index (Phi) is 10.7. The summed E-state index contributed by atoms with van der Waals surface area (Å²) in [5.74, 6) is 3.08. The van der Waals surface area contributed by atoms with Gasteiger partial charge in [0.15, 0.2) is 11.7 Å². The molecule has 9 unspecified atom stereocenters. The number of aliphatic imine (C=N–C) groups is 1. The number of nitrogens with two attached hydrogens (primary N) is 1. The second kappa shape index (κ2) is 14.9. The number of carbonyl (C=O) groups is 1. The topological polar surface area (TPSA) is 140 Å². The molecule has 0 amide bonds. The van der Waals surface area contributed by atoms with Gasteiger partial charge in [-0.3, -0.25) is 9.79 Å². The highest BCUT2D eigenvalue weighted by molar-refractivity contribution is 8.77. The van der Waals surface area contributed by atoms with Gasteiger partial charge in [0.05, 0.1) is 16.9 Å². The fourth-order valence-corrected chi connectivity index (χ4v) is 17.4. The Bertz CT molecular complexity index is 1660. The number of aliphatic hydroxyl groups excluding tert-OH is 3. The molecule has 10 heteroatoms. The molecule has 290 valence electrons. The lowest BCUT2D eigenvalue weighted by Crippen LogP contribution is -2.75. The number of Topliss-reactive ketones (excluding diaryl/α,β-unsaturated/α-hetero) is 1. The van der Waals surface area contributed by atoms with Crippen LogP contribution in [0, 0.1) is 40.4 Å². The van der Waals surface area contributed by atoms with Gasteiger partial charge in [0.1, 0.15) is 0 Å². The van der Waals surface area contributed by atoms with Gasteiger partial charge in [-0.25, -0.2) is 0 Å². The SMILES string of the molecule is CNCc1ccc(CO)c(C2C=CC3CCC4=C5CC6CC(CO)C(CCCO)C5(CC4=O)C6(C)CCSSC4(CCCCC4)C34NC(N)=NCC24)c1. The number of hydrogen-bond donors (Lipinski definition) is 6. The minimum absolute atomic E-state index is 0.00573. The van der Waals surface area contributed by atoms with E-state index in [1.807, 2.05) is 7.05 Å². The van der Waals surface area contributed by atoms with Crippen molar-refractivity contribution in [1.29, 1.82) is 0 Å². The van der Waals surface area contributed by atoms with Crippen LogP contribution in [0.1, 0.15) is 113 Å². The van der Waals surface area contributed by atoms with Gasteiger partial charge in [0, 0.05) is 61.6 Å². The molecular weight excluding hydrogens is 701 g/mol. The van der Waals surface area contributed by atoms with E-state index in [0.29, 0.717) is 30.6 Å². The fourth-order valence-electron chi connectivity index (χ4n) is 13.6. The quantitative estimate of drug-likeness (QED) is 0.131. The zero-order valence-electron chi connectivity index (χ0n) is 31.9. The largest absolute Gasteiger partial charge is 0.396 e.